The van der Waals surface area contributed by atoms with Crippen molar-refractivity contribution in [2.24, 2.45) is 0 Å². The lowest BCUT2D eigenvalue weighted by atomic mass is 10.0. The second kappa shape index (κ2) is 6.84. The molecule has 1 aliphatic rings. The molecule has 1 aliphatic heterocycles. The third-order valence-corrected chi connectivity index (χ3v) is 3.76. The number of ether oxygens (including phenoxy) is 1. The summed E-state index contributed by atoms with van der Waals surface area (Å²) < 4.78 is 34.0. The number of carbonyl (C=O) groups is 2. The van der Waals surface area contributed by atoms with Crippen molar-refractivity contribution in [3.05, 3.63) is 48.3 Å². The van der Waals surface area contributed by atoms with E-state index in [9.17, 15) is 18.4 Å². The highest BCUT2D eigenvalue weighted by atomic mass is 19.1. The number of hydrogen-bond acceptors (Lipinski definition) is 4. The van der Waals surface area contributed by atoms with Gasteiger partial charge in [0.2, 0.25) is 5.91 Å². The SMILES string of the molecule is CC(=O)NC[C@H]1CN(c2cc(F)c(-c3ccncc3)c(F)c2)C(=O)O1. The monoisotopic (exact) mass is 347 g/mol. The van der Waals surface area contributed by atoms with Crippen molar-refractivity contribution in [2.75, 3.05) is 18.0 Å². The fraction of sp³-hybridized carbons (Fsp3) is 0.235. The molecule has 0 unspecified atom stereocenters. The summed E-state index contributed by atoms with van der Waals surface area (Å²) in [6, 6.07) is 5.16. The van der Waals surface area contributed by atoms with E-state index in [1.807, 2.05) is 0 Å². The van der Waals surface area contributed by atoms with Crippen LogP contribution in [0.2, 0.25) is 0 Å². The van der Waals surface area contributed by atoms with Gasteiger partial charge >= 0.3 is 6.09 Å². The maximum Gasteiger partial charge on any atom is 0.414 e. The number of nitrogens with one attached hydrogen (secondary N) is 1. The molecule has 1 aromatic carbocycles. The summed E-state index contributed by atoms with van der Waals surface area (Å²) in [4.78, 5) is 27.8. The third-order valence-electron chi connectivity index (χ3n) is 3.76. The van der Waals surface area contributed by atoms with Crippen LogP contribution >= 0.6 is 0 Å². The smallest absolute Gasteiger partial charge is 0.414 e. The largest absolute Gasteiger partial charge is 0.442 e. The first-order chi connectivity index (χ1) is 12.0. The van der Waals surface area contributed by atoms with Gasteiger partial charge in [0.15, 0.2) is 0 Å². The molecule has 0 bridgehead atoms. The van der Waals surface area contributed by atoms with Gasteiger partial charge < -0.3 is 10.1 Å². The van der Waals surface area contributed by atoms with E-state index in [1.165, 1.54) is 31.5 Å². The molecule has 1 atom stereocenters. The van der Waals surface area contributed by atoms with Crippen molar-refractivity contribution >= 4 is 17.7 Å². The van der Waals surface area contributed by atoms with E-state index >= 15 is 0 Å². The molecule has 2 amide bonds. The number of benzene rings is 1. The van der Waals surface area contributed by atoms with Gasteiger partial charge in [0.25, 0.3) is 0 Å². The zero-order valence-electron chi connectivity index (χ0n) is 13.3. The minimum atomic E-state index is -0.792. The average molecular weight is 347 g/mol. The molecule has 130 valence electrons. The first kappa shape index (κ1) is 16.8. The normalized spacial score (nSPS) is 16.7. The van der Waals surface area contributed by atoms with Crippen LogP contribution in [0.1, 0.15) is 6.92 Å². The fourth-order valence-corrected chi connectivity index (χ4v) is 2.61. The Bertz CT molecular complexity index is 791. The average Bonchev–Trinajstić information content (AvgIpc) is 2.94. The summed E-state index contributed by atoms with van der Waals surface area (Å²) in [5, 5.41) is 2.54. The van der Waals surface area contributed by atoms with Crippen molar-refractivity contribution < 1.29 is 23.1 Å². The fourth-order valence-electron chi connectivity index (χ4n) is 2.61. The summed E-state index contributed by atoms with van der Waals surface area (Å²) in [5.74, 6) is -1.84. The van der Waals surface area contributed by atoms with E-state index in [0.717, 1.165) is 17.0 Å². The first-order valence-corrected chi connectivity index (χ1v) is 7.57. The molecule has 6 nitrogen and oxygen atoms in total. The number of anilines is 1. The summed E-state index contributed by atoms with van der Waals surface area (Å²) in [5.41, 5.74) is 0.223. The minimum Gasteiger partial charge on any atom is -0.442 e. The van der Waals surface area contributed by atoms with Crippen molar-refractivity contribution in [3.63, 3.8) is 0 Å². The van der Waals surface area contributed by atoms with E-state index < -0.39 is 23.8 Å². The number of amides is 2. The van der Waals surface area contributed by atoms with Crippen LogP contribution in [-0.4, -0.2) is 36.2 Å². The zero-order chi connectivity index (χ0) is 18.0. The second-order valence-corrected chi connectivity index (χ2v) is 5.57. The molecule has 1 aromatic heterocycles. The zero-order valence-corrected chi connectivity index (χ0v) is 13.3. The highest BCUT2D eigenvalue weighted by Crippen LogP contribution is 2.31. The second-order valence-electron chi connectivity index (χ2n) is 5.57. The van der Waals surface area contributed by atoms with Crippen LogP contribution in [0.5, 0.6) is 0 Å². The van der Waals surface area contributed by atoms with Gasteiger partial charge in [-0.25, -0.2) is 13.6 Å². The molecule has 3 rings (SSSR count). The summed E-state index contributed by atoms with van der Waals surface area (Å²) in [6.07, 6.45) is 1.58. The predicted molar refractivity (Wildman–Crippen MR) is 85.9 cm³/mol. The van der Waals surface area contributed by atoms with Crippen LogP contribution in [-0.2, 0) is 9.53 Å². The standard InChI is InChI=1S/C17H15F2N3O3/c1-10(23)21-8-13-9-22(17(24)25-13)12-6-14(18)16(15(19)7-12)11-2-4-20-5-3-11/h2-7,13H,8-9H2,1H3,(H,21,23)/t13-/m0/s1. The van der Waals surface area contributed by atoms with Gasteiger partial charge in [-0.1, -0.05) is 0 Å². The van der Waals surface area contributed by atoms with Crippen LogP contribution in [0, 0.1) is 11.6 Å². The maximum atomic E-state index is 14.4. The van der Waals surface area contributed by atoms with Crippen LogP contribution in [0.3, 0.4) is 0 Å². The maximum absolute atomic E-state index is 14.4. The van der Waals surface area contributed by atoms with Crippen molar-refractivity contribution in [2.45, 2.75) is 13.0 Å². The van der Waals surface area contributed by atoms with Crippen LogP contribution in [0.15, 0.2) is 36.7 Å². The van der Waals surface area contributed by atoms with Crippen LogP contribution < -0.4 is 10.2 Å². The number of halogens is 2. The third kappa shape index (κ3) is 3.57. The molecule has 25 heavy (non-hydrogen) atoms. The summed E-state index contributed by atoms with van der Waals surface area (Å²) >= 11 is 0. The lowest BCUT2D eigenvalue weighted by Crippen LogP contribution is -2.33. The van der Waals surface area contributed by atoms with Crippen LogP contribution in [0.25, 0.3) is 11.1 Å². The van der Waals surface area contributed by atoms with Gasteiger partial charge in [0.1, 0.15) is 17.7 Å². The van der Waals surface area contributed by atoms with Gasteiger partial charge in [-0.15, -0.1) is 0 Å². The lowest BCUT2D eigenvalue weighted by Gasteiger charge is -2.15. The van der Waals surface area contributed by atoms with E-state index in [2.05, 4.69) is 10.3 Å². The minimum absolute atomic E-state index is 0.0585. The highest BCUT2D eigenvalue weighted by molar-refractivity contribution is 5.90. The molecule has 2 heterocycles. The van der Waals surface area contributed by atoms with Gasteiger partial charge in [0.05, 0.1) is 24.3 Å². The van der Waals surface area contributed by atoms with E-state index in [-0.39, 0.29) is 30.2 Å². The van der Waals surface area contributed by atoms with Crippen molar-refractivity contribution in [1.29, 1.82) is 0 Å². The summed E-state index contributed by atoms with van der Waals surface area (Å²) in [7, 11) is 0. The van der Waals surface area contributed by atoms with Gasteiger partial charge in [-0.2, -0.15) is 0 Å². The predicted octanol–water partition coefficient (Wildman–Crippen LogP) is 2.49. The number of pyridine rings is 1. The van der Waals surface area contributed by atoms with E-state index in [1.54, 1.807) is 0 Å². The first-order valence-electron chi connectivity index (χ1n) is 7.57. The molecule has 1 N–H and O–H groups in total. The van der Waals surface area contributed by atoms with Crippen LogP contribution in [0.4, 0.5) is 19.3 Å². The van der Waals surface area contributed by atoms with E-state index in [4.69, 9.17) is 4.74 Å². The molecular formula is C17H15F2N3O3. The molecule has 0 radical (unpaired) electrons. The highest BCUT2D eigenvalue weighted by Gasteiger charge is 2.33. The topological polar surface area (TPSA) is 71.5 Å². The Morgan fingerprint density at radius 1 is 1.32 bits per heavy atom. The Labute approximate surface area is 142 Å². The number of carbonyl (C=O) groups excluding carboxylic acids is 2. The number of aromatic nitrogens is 1. The number of nitrogens with zero attached hydrogens (tertiary/aromatic N) is 2. The number of hydrogen-bond donors (Lipinski definition) is 1. The van der Waals surface area contributed by atoms with Gasteiger partial charge in [-0.05, 0) is 29.8 Å². The van der Waals surface area contributed by atoms with E-state index in [0.29, 0.717) is 5.56 Å². The molecule has 1 saturated heterocycles. The molecule has 2 aromatic rings. The molecular weight excluding hydrogens is 332 g/mol. The Kier molecular flexibility index (Phi) is 4.60. The van der Waals surface area contributed by atoms with Gasteiger partial charge in [0, 0.05) is 19.3 Å². The molecule has 0 saturated carbocycles. The van der Waals surface area contributed by atoms with Crippen molar-refractivity contribution in [1.82, 2.24) is 10.3 Å². The van der Waals surface area contributed by atoms with Gasteiger partial charge in [-0.3, -0.25) is 14.7 Å². The Hall–Kier alpha value is -3.03. The lowest BCUT2D eigenvalue weighted by molar-refractivity contribution is -0.119. The number of cyclic esters (lactones) is 1. The summed E-state index contributed by atoms with van der Waals surface area (Å²) in [6.45, 7) is 1.57. The Balaban J connectivity index is 1.84. The molecule has 1 fully saturated rings. The number of rotatable bonds is 4. The molecule has 8 heteroatoms. The Morgan fingerprint density at radius 2 is 1.96 bits per heavy atom. The molecule has 0 aliphatic carbocycles. The van der Waals surface area contributed by atoms with Crippen molar-refractivity contribution in [3.8, 4) is 11.1 Å². The Morgan fingerprint density at radius 3 is 2.56 bits per heavy atom. The molecule has 0 spiro atoms. The quantitative estimate of drug-likeness (QED) is 0.922.